The van der Waals surface area contributed by atoms with Crippen molar-refractivity contribution in [3.05, 3.63) is 96.3 Å². The van der Waals surface area contributed by atoms with Crippen molar-refractivity contribution < 1.29 is 9.32 Å². The van der Waals surface area contributed by atoms with Crippen molar-refractivity contribution in [2.45, 2.75) is 6.92 Å². The molecule has 2 N–H and O–H groups in total. The molecule has 0 bridgehead atoms. The van der Waals surface area contributed by atoms with Crippen LogP contribution in [-0.4, -0.2) is 31.0 Å². The van der Waals surface area contributed by atoms with Crippen LogP contribution in [-0.2, 0) is 0 Å². The van der Waals surface area contributed by atoms with Gasteiger partial charge in [-0.2, -0.15) is 10.2 Å². The highest BCUT2D eigenvalue weighted by Crippen LogP contribution is 2.25. The first kappa shape index (κ1) is 22.4. The number of pyridine rings is 1. The Morgan fingerprint density at radius 3 is 2.61 bits per heavy atom. The lowest BCUT2D eigenvalue weighted by Gasteiger charge is -2.12. The molecule has 36 heavy (non-hydrogen) atoms. The summed E-state index contributed by atoms with van der Waals surface area (Å²) in [6.45, 7) is 1.95. The van der Waals surface area contributed by atoms with Gasteiger partial charge in [-0.25, -0.2) is 9.97 Å². The molecular formula is C26H18N8O2. The second-order valence-corrected chi connectivity index (χ2v) is 7.73. The summed E-state index contributed by atoms with van der Waals surface area (Å²) < 4.78 is 4.80. The number of nitrogens with one attached hydrogen (secondary N) is 2. The molecule has 10 nitrogen and oxygen atoms in total. The van der Waals surface area contributed by atoms with E-state index in [2.05, 4.69) is 35.7 Å². The Kier molecular flexibility index (Phi) is 6.10. The lowest BCUT2D eigenvalue weighted by molar-refractivity contribution is 0.102. The molecular weight excluding hydrogens is 456 g/mol. The molecule has 0 unspecified atom stereocenters. The first-order valence-electron chi connectivity index (χ1n) is 10.9. The molecule has 1 amide bonds. The van der Waals surface area contributed by atoms with Crippen LogP contribution in [0, 0.1) is 18.3 Å². The van der Waals surface area contributed by atoms with E-state index in [1.807, 2.05) is 43.3 Å². The van der Waals surface area contributed by atoms with Crippen molar-refractivity contribution in [2.24, 2.45) is 0 Å². The summed E-state index contributed by atoms with van der Waals surface area (Å²) >= 11 is 0. The quantitative estimate of drug-likeness (QED) is 0.356. The van der Waals surface area contributed by atoms with E-state index in [4.69, 9.17) is 9.78 Å². The topological polar surface area (TPSA) is 143 Å². The predicted molar refractivity (Wildman–Crippen MR) is 132 cm³/mol. The molecule has 0 fully saturated rings. The molecule has 174 valence electrons. The van der Waals surface area contributed by atoms with Crippen LogP contribution < -0.4 is 10.6 Å². The van der Waals surface area contributed by atoms with Gasteiger partial charge in [0.05, 0.1) is 5.69 Å². The normalized spacial score (nSPS) is 10.4. The average Bonchev–Trinajstić information content (AvgIpc) is 3.41. The Hall–Kier alpha value is -5.43. The Labute approximate surface area is 205 Å². The summed E-state index contributed by atoms with van der Waals surface area (Å²) in [5, 5.41) is 18.7. The zero-order chi connectivity index (χ0) is 24.9. The third-order valence-corrected chi connectivity index (χ3v) is 5.28. The number of aryl methyl sites for hydroxylation is 1. The summed E-state index contributed by atoms with van der Waals surface area (Å²) in [6.07, 6.45) is 5.13. The molecule has 3 aromatic heterocycles. The van der Waals surface area contributed by atoms with Gasteiger partial charge in [-0.1, -0.05) is 23.4 Å². The van der Waals surface area contributed by atoms with E-state index >= 15 is 0 Å². The minimum absolute atomic E-state index is 0.121. The fourth-order valence-electron chi connectivity index (χ4n) is 3.41. The van der Waals surface area contributed by atoms with Gasteiger partial charge in [-0.05, 0) is 55.0 Å². The maximum absolute atomic E-state index is 12.8. The van der Waals surface area contributed by atoms with Crippen molar-refractivity contribution in [3.8, 4) is 28.7 Å². The summed E-state index contributed by atoms with van der Waals surface area (Å²) in [4.78, 5) is 29.8. The summed E-state index contributed by atoms with van der Waals surface area (Å²) in [6, 6.07) is 19.6. The van der Waals surface area contributed by atoms with Crippen LogP contribution in [0.1, 0.15) is 21.8 Å². The standard InChI is InChI=1S/C26H18N8O2/c1-16-4-9-20(13-22(16)32-26-29-12-10-21(31-26)19-3-2-11-28-15-19)30-25(35)18-7-5-17(6-8-18)24-33-23(14-27)36-34-24/h2-13,15H,1H3,(H,30,35)(H,29,31,32). The third-order valence-electron chi connectivity index (χ3n) is 5.28. The number of anilines is 3. The molecule has 0 saturated carbocycles. The van der Waals surface area contributed by atoms with Gasteiger partial charge in [0.2, 0.25) is 11.8 Å². The van der Waals surface area contributed by atoms with Crippen molar-refractivity contribution in [2.75, 3.05) is 10.6 Å². The van der Waals surface area contributed by atoms with Crippen LogP contribution in [0.2, 0.25) is 0 Å². The molecule has 10 heteroatoms. The van der Waals surface area contributed by atoms with Gasteiger partial charge < -0.3 is 15.2 Å². The van der Waals surface area contributed by atoms with E-state index in [1.54, 1.807) is 48.9 Å². The van der Waals surface area contributed by atoms with E-state index in [1.165, 1.54) is 0 Å². The van der Waals surface area contributed by atoms with Gasteiger partial charge in [0.1, 0.15) is 0 Å². The van der Waals surface area contributed by atoms with Crippen molar-refractivity contribution in [1.29, 1.82) is 5.26 Å². The Balaban J connectivity index is 1.30. The molecule has 0 aliphatic rings. The SMILES string of the molecule is Cc1ccc(NC(=O)c2ccc(-c3noc(C#N)n3)cc2)cc1Nc1nccc(-c2cccnc2)n1. The molecule has 0 atom stereocenters. The van der Waals surface area contributed by atoms with Crippen LogP contribution in [0.3, 0.4) is 0 Å². The Bertz CT molecular complexity index is 1570. The number of carbonyl (C=O) groups is 1. The van der Waals surface area contributed by atoms with Crippen LogP contribution >= 0.6 is 0 Å². The van der Waals surface area contributed by atoms with Crippen LogP contribution in [0.5, 0.6) is 0 Å². The van der Waals surface area contributed by atoms with E-state index < -0.39 is 0 Å². The monoisotopic (exact) mass is 474 g/mol. The van der Waals surface area contributed by atoms with Gasteiger partial charge in [0, 0.05) is 46.7 Å². The molecule has 2 aromatic carbocycles. The van der Waals surface area contributed by atoms with E-state index in [-0.39, 0.29) is 17.6 Å². The zero-order valence-electron chi connectivity index (χ0n) is 19.0. The van der Waals surface area contributed by atoms with Gasteiger partial charge in [-0.15, -0.1) is 0 Å². The molecule has 0 spiro atoms. The number of benzene rings is 2. The van der Waals surface area contributed by atoms with Crippen LogP contribution in [0.25, 0.3) is 22.6 Å². The maximum atomic E-state index is 12.8. The zero-order valence-corrected chi connectivity index (χ0v) is 19.0. The highest BCUT2D eigenvalue weighted by molar-refractivity contribution is 6.04. The number of nitrogens with zero attached hydrogens (tertiary/aromatic N) is 6. The number of amides is 1. The minimum atomic E-state index is -0.281. The van der Waals surface area contributed by atoms with E-state index in [0.29, 0.717) is 22.8 Å². The third kappa shape index (κ3) is 4.90. The molecule has 0 aliphatic carbocycles. The molecule has 0 aliphatic heterocycles. The van der Waals surface area contributed by atoms with Crippen LogP contribution in [0.15, 0.2) is 83.8 Å². The first-order valence-corrected chi connectivity index (χ1v) is 10.9. The molecule has 5 aromatic rings. The number of hydrogen-bond donors (Lipinski definition) is 2. The second kappa shape index (κ2) is 9.82. The molecule has 0 radical (unpaired) electrons. The maximum Gasteiger partial charge on any atom is 0.329 e. The lowest BCUT2D eigenvalue weighted by Crippen LogP contribution is -2.12. The second-order valence-electron chi connectivity index (χ2n) is 7.73. The average molecular weight is 474 g/mol. The highest BCUT2D eigenvalue weighted by atomic mass is 16.5. The Morgan fingerprint density at radius 2 is 1.86 bits per heavy atom. The van der Waals surface area contributed by atoms with Gasteiger partial charge >= 0.3 is 5.89 Å². The summed E-state index contributed by atoms with van der Waals surface area (Å²) in [7, 11) is 0. The van der Waals surface area contributed by atoms with Gasteiger partial charge in [0.15, 0.2) is 6.07 Å². The van der Waals surface area contributed by atoms with Gasteiger partial charge in [-0.3, -0.25) is 9.78 Å². The highest BCUT2D eigenvalue weighted by Gasteiger charge is 2.12. The molecule has 0 saturated heterocycles. The van der Waals surface area contributed by atoms with Crippen molar-refractivity contribution in [3.63, 3.8) is 0 Å². The lowest BCUT2D eigenvalue weighted by atomic mass is 10.1. The number of aromatic nitrogens is 5. The van der Waals surface area contributed by atoms with Gasteiger partial charge in [0.25, 0.3) is 5.91 Å². The molecule has 5 rings (SSSR count). The number of nitriles is 1. The minimum Gasteiger partial charge on any atom is -0.324 e. The number of rotatable bonds is 6. The largest absolute Gasteiger partial charge is 0.329 e. The Morgan fingerprint density at radius 1 is 1.00 bits per heavy atom. The van der Waals surface area contributed by atoms with Crippen LogP contribution in [0.4, 0.5) is 17.3 Å². The summed E-state index contributed by atoms with van der Waals surface area (Å²) in [5.41, 5.74) is 5.05. The van der Waals surface area contributed by atoms with E-state index in [9.17, 15) is 4.79 Å². The smallest absolute Gasteiger partial charge is 0.324 e. The fourth-order valence-corrected chi connectivity index (χ4v) is 3.41. The van der Waals surface area contributed by atoms with Crippen molar-refractivity contribution in [1.82, 2.24) is 25.1 Å². The number of carbonyl (C=O) groups excluding carboxylic acids is 1. The van der Waals surface area contributed by atoms with E-state index in [0.717, 1.165) is 22.5 Å². The molecule has 3 heterocycles. The first-order chi connectivity index (χ1) is 17.6. The number of hydrogen-bond acceptors (Lipinski definition) is 9. The fraction of sp³-hybridized carbons (Fsp3) is 0.0385. The predicted octanol–water partition coefficient (Wildman–Crippen LogP) is 4.76. The summed E-state index contributed by atoms with van der Waals surface area (Å²) in [5.74, 6) is 0.309. The van der Waals surface area contributed by atoms with Crippen molar-refractivity contribution >= 4 is 23.2 Å².